The van der Waals surface area contributed by atoms with E-state index in [4.69, 9.17) is 19.4 Å². The zero-order chi connectivity index (χ0) is 50.1. The SMILES string of the molecule is c1ccc(-c2nc(-c3cccc(-c4cc(-c5ccc6oc7ccccc7c6c5)ccc4N4Cc5ccccc5-c5ccccc54)c3)nc(-c3ccc(-c4ccccc4)c(-n4c5ccccc5c5ccccc54)c3)n2)cc1. The van der Waals surface area contributed by atoms with Crippen molar-refractivity contribution in [3.8, 4) is 84.4 Å². The van der Waals surface area contributed by atoms with E-state index >= 15 is 0 Å². The van der Waals surface area contributed by atoms with E-state index in [9.17, 15) is 0 Å². The van der Waals surface area contributed by atoms with E-state index in [0.29, 0.717) is 17.5 Å². The Kier molecular flexibility index (Phi) is 10.2. The quantitative estimate of drug-likeness (QED) is 0.152. The van der Waals surface area contributed by atoms with Crippen LogP contribution in [0.2, 0.25) is 0 Å². The lowest BCUT2D eigenvalue weighted by Gasteiger charge is -2.34. The summed E-state index contributed by atoms with van der Waals surface area (Å²) < 4.78 is 8.67. The standard InChI is InChI=1S/C70H45N5O/c1-3-18-45(19-4-1)54-37-34-51(43-65(54)75-63-31-14-10-27-56(63)57-28-11-15-32-64(57)75)70-72-68(46-20-5-2-6-21-46)71-69(73-70)50-24-17-23-49(40-50)59-41-47(48-36-39-67-60(42-48)58-29-12-16-33-66(58)76-67)35-38-62(59)74-44-52-22-7-8-25-53(52)55-26-9-13-30-61(55)74/h1-43H,44H2. The van der Waals surface area contributed by atoms with E-state index < -0.39 is 0 Å². The molecule has 0 aliphatic carbocycles. The highest BCUT2D eigenvalue weighted by atomic mass is 16.3. The number of furan rings is 1. The summed E-state index contributed by atoms with van der Waals surface area (Å²) in [7, 11) is 0. The molecule has 0 amide bonds. The lowest BCUT2D eigenvalue weighted by molar-refractivity contribution is 0.669. The molecule has 0 saturated carbocycles. The van der Waals surface area contributed by atoms with Crippen LogP contribution in [0.1, 0.15) is 5.56 Å². The number of aromatic nitrogens is 4. The predicted octanol–water partition coefficient (Wildman–Crippen LogP) is 18.2. The van der Waals surface area contributed by atoms with Crippen LogP contribution in [0.15, 0.2) is 265 Å². The van der Waals surface area contributed by atoms with E-state index in [1.165, 1.54) is 33.2 Å². The van der Waals surface area contributed by atoms with Gasteiger partial charge in [-0.15, -0.1) is 0 Å². The summed E-state index contributed by atoms with van der Waals surface area (Å²) in [6.45, 7) is 0.725. The van der Waals surface area contributed by atoms with E-state index in [1.54, 1.807) is 0 Å². The Labute approximate surface area is 439 Å². The average molecular weight is 972 g/mol. The van der Waals surface area contributed by atoms with Crippen LogP contribution in [0, 0.1) is 0 Å². The van der Waals surface area contributed by atoms with Crippen LogP contribution in [0.3, 0.4) is 0 Å². The van der Waals surface area contributed by atoms with Crippen molar-refractivity contribution in [1.82, 2.24) is 19.5 Å². The highest BCUT2D eigenvalue weighted by Gasteiger charge is 2.26. The van der Waals surface area contributed by atoms with E-state index in [2.05, 4.69) is 240 Å². The normalized spacial score (nSPS) is 12.1. The third-order valence-electron chi connectivity index (χ3n) is 15.1. The van der Waals surface area contributed by atoms with Crippen molar-refractivity contribution in [2.75, 3.05) is 4.90 Å². The molecule has 0 unspecified atom stereocenters. The number of hydrogen-bond acceptors (Lipinski definition) is 5. The van der Waals surface area contributed by atoms with Crippen molar-refractivity contribution >= 4 is 55.1 Å². The van der Waals surface area contributed by atoms with Gasteiger partial charge in [0.1, 0.15) is 11.2 Å². The monoisotopic (exact) mass is 971 g/mol. The zero-order valence-corrected chi connectivity index (χ0v) is 41.2. The van der Waals surface area contributed by atoms with E-state index in [1.807, 2.05) is 30.3 Å². The molecule has 15 rings (SSSR count). The maximum absolute atomic E-state index is 6.28. The van der Waals surface area contributed by atoms with Gasteiger partial charge in [-0.1, -0.05) is 200 Å². The minimum Gasteiger partial charge on any atom is -0.456 e. The number of hydrogen-bond donors (Lipinski definition) is 0. The fourth-order valence-corrected chi connectivity index (χ4v) is 11.5. The third-order valence-corrected chi connectivity index (χ3v) is 15.1. The number of nitrogens with zero attached hydrogens (tertiary/aromatic N) is 5. The molecule has 0 bridgehead atoms. The number of benzene rings is 11. The molecule has 4 heterocycles. The summed E-state index contributed by atoms with van der Waals surface area (Å²) in [5, 5.41) is 4.60. The summed E-state index contributed by atoms with van der Waals surface area (Å²) in [5.41, 5.74) is 20.4. The molecule has 0 N–H and O–H groups in total. The van der Waals surface area contributed by atoms with E-state index in [-0.39, 0.29) is 0 Å². The van der Waals surface area contributed by atoms with Crippen molar-refractivity contribution in [3.05, 3.63) is 266 Å². The third kappa shape index (κ3) is 7.30. The van der Waals surface area contributed by atoms with Gasteiger partial charge in [-0.3, -0.25) is 0 Å². The second-order valence-corrected chi connectivity index (χ2v) is 19.5. The maximum atomic E-state index is 6.28. The van der Waals surface area contributed by atoms with Crippen LogP contribution in [0.4, 0.5) is 11.4 Å². The molecule has 356 valence electrons. The molecule has 76 heavy (non-hydrogen) atoms. The van der Waals surface area contributed by atoms with Crippen molar-refractivity contribution in [2.24, 2.45) is 0 Å². The fourth-order valence-electron chi connectivity index (χ4n) is 11.5. The smallest absolute Gasteiger partial charge is 0.164 e. The largest absolute Gasteiger partial charge is 0.456 e. The molecule has 3 aromatic heterocycles. The Morgan fingerprint density at radius 3 is 1.61 bits per heavy atom. The first-order valence-corrected chi connectivity index (χ1v) is 25.8. The lowest BCUT2D eigenvalue weighted by Crippen LogP contribution is -2.22. The van der Waals surface area contributed by atoms with Gasteiger partial charge in [0.2, 0.25) is 0 Å². The van der Waals surface area contributed by atoms with Crippen LogP contribution >= 0.6 is 0 Å². The molecule has 0 saturated heterocycles. The van der Waals surface area contributed by atoms with Crippen LogP contribution in [0.5, 0.6) is 0 Å². The van der Waals surface area contributed by atoms with Crippen molar-refractivity contribution in [1.29, 1.82) is 0 Å². The summed E-state index contributed by atoms with van der Waals surface area (Å²) in [4.78, 5) is 18.5. The van der Waals surface area contributed by atoms with Crippen LogP contribution in [0.25, 0.3) is 128 Å². The molecule has 1 aliphatic rings. The van der Waals surface area contributed by atoms with Gasteiger partial charge >= 0.3 is 0 Å². The van der Waals surface area contributed by atoms with Gasteiger partial charge in [-0.2, -0.15) is 0 Å². The Morgan fingerprint density at radius 1 is 0.289 bits per heavy atom. The average Bonchev–Trinajstić information content (AvgIpc) is 4.07. The summed E-state index contributed by atoms with van der Waals surface area (Å²) in [6, 6.07) is 92.7. The van der Waals surface area contributed by atoms with Gasteiger partial charge in [0.25, 0.3) is 0 Å². The van der Waals surface area contributed by atoms with Gasteiger partial charge in [-0.25, -0.2) is 15.0 Å². The molecule has 0 atom stereocenters. The Morgan fingerprint density at radius 2 is 0.829 bits per heavy atom. The Hall–Kier alpha value is -10.2. The molecule has 0 spiro atoms. The molecular weight excluding hydrogens is 927 g/mol. The molecule has 14 aromatic rings. The van der Waals surface area contributed by atoms with Crippen molar-refractivity contribution in [2.45, 2.75) is 6.54 Å². The molecular formula is C70H45N5O. The summed E-state index contributed by atoms with van der Waals surface area (Å²) in [5.74, 6) is 1.78. The number of para-hydroxylation sites is 4. The first-order chi connectivity index (χ1) is 37.7. The predicted molar refractivity (Wildman–Crippen MR) is 312 cm³/mol. The lowest BCUT2D eigenvalue weighted by atomic mass is 9.90. The molecule has 0 fully saturated rings. The molecule has 6 heteroatoms. The van der Waals surface area contributed by atoms with Crippen LogP contribution in [-0.2, 0) is 6.54 Å². The van der Waals surface area contributed by atoms with E-state index in [0.717, 1.165) is 101 Å². The summed E-state index contributed by atoms with van der Waals surface area (Å²) >= 11 is 0. The minimum absolute atomic E-state index is 0.587. The van der Waals surface area contributed by atoms with Crippen LogP contribution in [-0.4, -0.2) is 19.5 Å². The highest BCUT2D eigenvalue weighted by Crippen LogP contribution is 2.47. The van der Waals surface area contributed by atoms with Gasteiger partial charge in [0, 0.05) is 72.8 Å². The van der Waals surface area contributed by atoms with Gasteiger partial charge in [-0.05, 0) is 94.0 Å². The van der Waals surface area contributed by atoms with Gasteiger partial charge in [0.05, 0.1) is 16.7 Å². The van der Waals surface area contributed by atoms with Crippen LogP contribution < -0.4 is 4.90 Å². The zero-order valence-electron chi connectivity index (χ0n) is 41.2. The van der Waals surface area contributed by atoms with Crippen molar-refractivity contribution < 1.29 is 4.42 Å². The number of anilines is 2. The molecule has 1 aliphatic heterocycles. The maximum Gasteiger partial charge on any atom is 0.164 e. The highest BCUT2D eigenvalue weighted by molar-refractivity contribution is 6.10. The van der Waals surface area contributed by atoms with Crippen molar-refractivity contribution in [3.63, 3.8) is 0 Å². The molecule has 0 radical (unpaired) electrons. The number of fused-ring (bicyclic) bond motifs is 9. The minimum atomic E-state index is 0.587. The van der Waals surface area contributed by atoms with Gasteiger partial charge < -0.3 is 13.9 Å². The van der Waals surface area contributed by atoms with Gasteiger partial charge in [0.15, 0.2) is 17.5 Å². The number of rotatable bonds is 8. The summed E-state index contributed by atoms with van der Waals surface area (Å²) in [6.07, 6.45) is 0. The Balaban J connectivity index is 0.916. The Bertz CT molecular complexity index is 4520. The molecule has 6 nitrogen and oxygen atoms in total. The second kappa shape index (κ2) is 17.8. The first kappa shape index (κ1) is 43.4. The fraction of sp³-hybridized carbons (Fsp3) is 0.0143. The first-order valence-electron chi connectivity index (χ1n) is 25.8. The molecule has 11 aromatic carbocycles. The topological polar surface area (TPSA) is 60.0 Å². The second-order valence-electron chi connectivity index (χ2n) is 19.5.